The zero-order chi connectivity index (χ0) is 8.77. The topological polar surface area (TPSA) is 29.5 Å². The van der Waals surface area contributed by atoms with Gasteiger partial charge < -0.3 is 9.64 Å². The average molecular weight is 169 g/mol. The minimum absolute atomic E-state index is 0.115. The molecule has 1 saturated carbocycles. The van der Waals surface area contributed by atoms with E-state index < -0.39 is 0 Å². The van der Waals surface area contributed by atoms with Gasteiger partial charge in [-0.1, -0.05) is 6.92 Å². The first-order valence-corrected chi connectivity index (χ1v) is 4.57. The van der Waals surface area contributed by atoms with Gasteiger partial charge in [-0.2, -0.15) is 0 Å². The van der Waals surface area contributed by atoms with E-state index in [1.807, 2.05) is 6.92 Å². The van der Waals surface area contributed by atoms with Crippen molar-refractivity contribution < 1.29 is 9.53 Å². The SMILES string of the molecule is CC1CN(C(=O)OC2(C)CC2)C1. The average Bonchev–Trinajstić information content (AvgIpc) is 2.61. The normalized spacial score (nSPS) is 26.3. The summed E-state index contributed by atoms with van der Waals surface area (Å²) in [5.41, 5.74) is -0.115. The predicted octanol–water partition coefficient (Wildman–Crippen LogP) is 1.63. The van der Waals surface area contributed by atoms with Crippen LogP contribution in [0, 0.1) is 5.92 Å². The highest BCUT2D eigenvalue weighted by molar-refractivity contribution is 5.69. The van der Waals surface area contributed by atoms with Gasteiger partial charge in [-0.25, -0.2) is 4.79 Å². The minimum Gasteiger partial charge on any atom is -0.443 e. The fourth-order valence-electron chi connectivity index (χ4n) is 1.40. The van der Waals surface area contributed by atoms with Crippen LogP contribution in [0.4, 0.5) is 4.79 Å². The van der Waals surface area contributed by atoms with Crippen molar-refractivity contribution in [2.24, 2.45) is 5.92 Å². The van der Waals surface area contributed by atoms with E-state index in [0.717, 1.165) is 25.9 Å². The molecule has 1 amide bonds. The standard InChI is InChI=1S/C9H15NO2/c1-7-5-10(6-7)8(11)12-9(2)3-4-9/h7H,3-6H2,1-2H3. The molecule has 12 heavy (non-hydrogen) atoms. The number of rotatable bonds is 1. The Morgan fingerprint density at radius 1 is 1.50 bits per heavy atom. The number of hydrogen-bond donors (Lipinski definition) is 0. The molecule has 1 aliphatic heterocycles. The van der Waals surface area contributed by atoms with E-state index in [0.29, 0.717) is 5.92 Å². The lowest BCUT2D eigenvalue weighted by atomic mass is 10.0. The van der Waals surface area contributed by atoms with Crippen molar-refractivity contribution in [1.29, 1.82) is 0 Å². The second kappa shape index (κ2) is 2.38. The van der Waals surface area contributed by atoms with Crippen LogP contribution in [0.25, 0.3) is 0 Å². The number of ether oxygens (including phenoxy) is 1. The Labute approximate surface area is 72.7 Å². The summed E-state index contributed by atoms with van der Waals surface area (Å²) >= 11 is 0. The lowest BCUT2D eigenvalue weighted by Crippen LogP contribution is -2.49. The van der Waals surface area contributed by atoms with Gasteiger partial charge in [0.25, 0.3) is 0 Å². The summed E-state index contributed by atoms with van der Waals surface area (Å²) in [4.78, 5) is 13.1. The van der Waals surface area contributed by atoms with Gasteiger partial charge in [0, 0.05) is 13.1 Å². The summed E-state index contributed by atoms with van der Waals surface area (Å²) in [5.74, 6) is 0.657. The van der Waals surface area contributed by atoms with Crippen molar-refractivity contribution in [3.63, 3.8) is 0 Å². The molecule has 0 aromatic heterocycles. The van der Waals surface area contributed by atoms with Gasteiger partial charge in [-0.3, -0.25) is 0 Å². The van der Waals surface area contributed by atoms with Gasteiger partial charge in [0.1, 0.15) is 5.60 Å². The Kier molecular flexibility index (Phi) is 1.56. The lowest BCUT2D eigenvalue weighted by Gasteiger charge is -2.36. The molecule has 2 fully saturated rings. The first-order valence-electron chi connectivity index (χ1n) is 4.57. The van der Waals surface area contributed by atoms with Crippen LogP contribution >= 0.6 is 0 Å². The molecule has 0 aromatic carbocycles. The summed E-state index contributed by atoms with van der Waals surface area (Å²) < 4.78 is 5.29. The molecular formula is C9H15NO2. The van der Waals surface area contributed by atoms with E-state index in [-0.39, 0.29) is 11.7 Å². The quantitative estimate of drug-likeness (QED) is 0.597. The number of hydrogen-bond acceptors (Lipinski definition) is 2. The maximum atomic E-state index is 11.3. The molecule has 3 heteroatoms. The Balaban J connectivity index is 1.78. The third-order valence-electron chi connectivity index (χ3n) is 2.61. The van der Waals surface area contributed by atoms with Crippen molar-refractivity contribution in [2.45, 2.75) is 32.3 Å². The van der Waals surface area contributed by atoms with Gasteiger partial charge in [-0.05, 0) is 25.7 Å². The highest BCUT2D eigenvalue weighted by Gasteiger charge is 2.43. The van der Waals surface area contributed by atoms with Crippen LogP contribution in [0.15, 0.2) is 0 Å². The molecular weight excluding hydrogens is 154 g/mol. The fourth-order valence-corrected chi connectivity index (χ4v) is 1.40. The van der Waals surface area contributed by atoms with Crippen LogP contribution < -0.4 is 0 Å². The molecule has 1 saturated heterocycles. The van der Waals surface area contributed by atoms with Gasteiger partial charge in [0.2, 0.25) is 0 Å². The van der Waals surface area contributed by atoms with Crippen LogP contribution in [0.5, 0.6) is 0 Å². The van der Waals surface area contributed by atoms with Crippen LogP contribution in [-0.2, 0) is 4.74 Å². The first kappa shape index (κ1) is 7.90. The highest BCUT2D eigenvalue weighted by atomic mass is 16.6. The van der Waals surface area contributed by atoms with Gasteiger partial charge >= 0.3 is 6.09 Å². The zero-order valence-electron chi connectivity index (χ0n) is 7.67. The molecule has 0 aromatic rings. The molecule has 0 bridgehead atoms. The summed E-state index contributed by atoms with van der Waals surface area (Å²) in [6.45, 7) is 5.88. The van der Waals surface area contributed by atoms with Gasteiger partial charge in [0.05, 0.1) is 0 Å². The van der Waals surface area contributed by atoms with Crippen molar-refractivity contribution in [1.82, 2.24) is 4.90 Å². The predicted molar refractivity (Wildman–Crippen MR) is 44.9 cm³/mol. The van der Waals surface area contributed by atoms with Crippen LogP contribution in [-0.4, -0.2) is 29.7 Å². The second-order valence-electron chi connectivity index (χ2n) is 4.33. The Morgan fingerprint density at radius 2 is 2.08 bits per heavy atom. The first-order chi connectivity index (χ1) is 5.59. The molecule has 1 heterocycles. The minimum atomic E-state index is -0.117. The van der Waals surface area contributed by atoms with Crippen molar-refractivity contribution in [3.05, 3.63) is 0 Å². The van der Waals surface area contributed by atoms with E-state index in [1.54, 1.807) is 4.90 Å². The largest absolute Gasteiger partial charge is 0.443 e. The van der Waals surface area contributed by atoms with E-state index in [9.17, 15) is 4.79 Å². The molecule has 3 nitrogen and oxygen atoms in total. The smallest absolute Gasteiger partial charge is 0.410 e. The van der Waals surface area contributed by atoms with Gasteiger partial charge in [-0.15, -0.1) is 0 Å². The Hall–Kier alpha value is -0.730. The van der Waals surface area contributed by atoms with E-state index in [2.05, 4.69) is 6.92 Å². The molecule has 68 valence electrons. The van der Waals surface area contributed by atoms with Crippen molar-refractivity contribution >= 4 is 6.09 Å². The third-order valence-corrected chi connectivity index (χ3v) is 2.61. The van der Waals surface area contributed by atoms with E-state index in [4.69, 9.17) is 4.74 Å². The van der Waals surface area contributed by atoms with Crippen molar-refractivity contribution in [3.8, 4) is 0 Å². The maximum absolute atomic E-state index is 11.3. The fraction of sp³-hybridized carbons (Fsp3) is 0.889. The lowest BCUT2D eigenvalue weighted by molar-refractivity contribution is 0.0271. The highest BCUT2D eigenvalue weighted by Crippen LogP contribution is 2.39. The van der Waals surface area contributed by atoms with Gasteiger partial charge in [0.15, 0.2) is 0 Å². The number of carbonyl (C=O) groups excluding carboxylic acids is 1. The maximum Gasteiger partial charge on any atom is 0.410 e. The molecule has 0 atom stereocenters. The molecule has 0 unspecified atom stereocenters. The molecule has 1 aliphatic carbocycles. The number of likely N-dealkylation sites (tertiary alicyclic amines) is 1. The molecule has 0 radical (unpaired) electrons. The molecule has 2 rings (SSSR count). The molecule has 2 aliphatic rings. The van der Waals surface area contributed by atoms with Crippen LogP contribution in [0.1, 0.15) is 26.7 Å². The summed E-state index contributed by atoms with van der Waals surface area (Å²) in [6, 6.07) is 0. The Bertz CT molecular complexity index is 205. The summed E-state index contributed by atoms with van der Waals surface area (Å²) in [6.07, 6.45) is 1.94. The van der Waals surface area contributed by atoms with Crippen LogP contribution in [0.3, 0.4) is 0 Å². The zero-order valence-corrected chi connectivity index (χ0v) is 7.67. The monoisotopic (exact) mass is 169 g/mol. The molecule has 0 N–H and O–H groups in total. The van der Waals surface area contributed by atoms with Crippen molar-refractivity contribution in [2.75, 3.05) is 13.1 Å². The Morgan fingerprint density at radius 3 is 2.50 bits per heavy atom. The number of carbonyl (C=O) groups is 1. The summed E-state index contributed by atoms with van der Waals surface area (Å²) in [7, 11) is 0. The van der Waals surface area contributed by atoms with E-state index in [1.165, 1.54) is 0 Å². The number of amides is 1. The summed E-state index contributed by atoms with van der Waals surface area (Å²) in [5, 5.41) is 0. The second-order valence-corrected chi connectivity index (χ2v) is 4.33. The van der Waals surface area contributed by atoms with E-state index >= 15 is 0 Å². The molecule has 0 spiro atoms. The van der Waals surface area contributed by atoms with Crippen LogP contribution in [0.2, 0.25) is 0 Å². The third kappa shape index (κ3) is 1.40. The number of nitrogens with zero attached hydrogens (tertiary/aromatic N) is 1.